The van der Waals surface area contributed by atoms with Gasteiger partial charge in [-0.15, -0.1) is 0 Å². The first-order valence-corrected chi connectivity index (χ1v) is 7.60. The van der Waals surface area contributed by atoms with Crippen LogP contribution in [0, 0.1) is 5.82 Å². The van der Waals surface area contributed by atoms with Gasteiger partial charge in [-0.05, 0) is 17.7 Å². The van der Waals surface area contributed by atoms with Crippen LogP contribution < -0.4 is 11.2 Å². The fraction of sp³-hybridized carbons (Fsp3) is 0.167. The average Bonchev–Trinajstić information content (AvgIpc) is 2.41. The molecule has 21 heavy (non-hydrogen) atoms. The summed E-state index contributed by atoms with van der Waals surface area (Å²) in [7, 11) is -3.35. The van der Waals surface area contributed by atoms with Crippen LogP contribution in [-0.2, 0) is 16.4 Å². The second kappa shape index (κ2) is 5.17. The molecule has 0 aliphatic carbocycles. The molecule has 0 aliphatic rings. The van der Waals surface area contributed by atoms with Gasteiger partial charge in [-0.2, -0.15) is 4.39 Å². The Balaban J connectivity index is 2.42. The minimum atomic E-state index is -3.35. The molecule has 0 aliphatic heterocycles. The Bertz CT molecular complexity index is 897. The van der Waals surface area contributed by atoms with Crippen molar-refractivity contribution < 1.29 is 17.9 Å². The van der Waals surface area contributed by atoms with E-state index in [0.717, 1.165) is 6.26 Å². The first-order chi connectivity index (χ1) is 9.70. The van der Waals surface area contributed by atoms with Crippen LogP contribution >= 0.6 is 0 Å². The molecular formula is C12H11FN2O5S. The summed E-state index contributed by atoms with van der Waals surface area (Å²) in [5.74, 6) is -2.53. The third-order valence-electron chi connectivity index (χ3n) is 2.81. The highest BCUT2D eigenvalue weighted by Crippen LogP contribution is 2.13. The lowest BCUT2D eigenvalue weighted by Gasteiger charge is -2.08. The van der Waals surface area contributed by atoms with Crippen LogP contribution in [0.5, 0.6) is 5.88 Å². The Morgan fingerprint density at radius 2 is 1.81 bits per heavy atom. The summed E-state index contributed by atoms with van der Waals surface area (Å²) in [5, 5.41) is 9.48. The number of halogens is 1. The number of nitrogens with zero attached hydrogens (tertiary/aromatic N) is 1. The van der Waals surface area contributed by atoms with E-state index < -0.39 is 32.8 Å². The Kier molecular flexibility index (Phi) is 3.69. The number of aromatic nitrogens is 2. The van der Waals surface area contributed by atoms with Crippen LogP contribution in [0.15, 0.2) is 38.8 Å². The van der Waals surface area contributed by atoms with Gasteiger partial charge in [-0.25, -0.2) is 13.2 Å². The number of benzene rings is 1. The van der Waals surface area contributed by atoms with Gasteiger partial charge in [0.2, 0.25) is 11.7 Å². The van der Waals surface area contributed by atoms with Gasteiger partial charge in [0.25, 0.3) is 5.56 Å². The second-order valence-corrected chi connectivity index (χ2v) is 6.41. The summed E-state index contributed by atoms with van der Waals surface area (Å²) in [5.41, 5.74) is -1.82. The Labute approximate surface area is 118 Å². The van der Waals surface area contributed by atoms with E-state index in [-0.39, 0.29) is 11.4 Å². The highest BCUT2D eigenvalue weighted by molar-refractivity contribution is 7.90. The van der Waals surface area contributed by atoms with E-state index in [1.807, 2.05) is 0 Å². The Hall–Kier alpha value is -2.42. The van der Waals surface area contributed by atoms with Crippen molar-refractivity contribution in [3.05, 3.63) is 56.5 Å². The third kappa shape index (κ3) is 3.02. The summed E-state index contributed by atoms with van der Waals surface area (Å²) < 4.78 is 36.5. The number of hydrogen-bond acceptors (Lipinski definition) is 5. The highest BCUT2D eigenvalue weighted by Gasteiger charge is 2.14. The van der Waals surface area contributed by atoms with Gasteiger partial charge in [-0.3, -0.25) is 14.3 Å². The van der Waals surface area contributed by atoms with Gasteiger partial charge in [-0.1, -0.05) is 12.1 Å². The molecule has 1 aromatic carbocycles. The van der Waals surface area contributed by atoms with Gasteiger partial charge in [0, 0.05) is 6.26 Å². The predicted octanol–water partition coefficient (Wildman–Crippen LogP) is -0.167. The summed E-state index contributed by atoms with van der Waals surface area (Å²) >= 11 is 0. The lowest BCUT2D eigenvalue weighted by Crippen LogP contribution is -2.32. The van der Waals surface area contributed by atoms with Crippen molar-refractivity contribution >= 4 is 9.84 Å². The van der Waals surface area contributed by atoms with E-state index >= 15 is 0 Å². The van der Waals surface area contributed by atoms with Crippen molar-refractivity contribution in [1.29, 1.82) is 0 Å². The van der Waals surface area contributed by atoms with E-state index in [4.69, 9.17) is 0 Å². The van der Waals surface area contributed by atoms with E-state index in [0.29, 0.717) is 10.1 Å². The molecule has 2 N–H and O–H groups in total. The molecule has 112 valence electrons. The number of rotatable bonds is 3. The Morgan fingerprint density at radius 1 is 1.24 bits per heavy atom. The van der Waals surface area contributed by atoms with Gasteiger partial charge in [0.15, 0.2) is 9.84 Å². The molecule has 7 nitrogen and oxygen atoms in total. The summed E-state index contributed by atoms with van der Waals surface area (Å²) in [6.07, 6.45) is 1.05. The van der Waals surface area contributed by atoms with Gasteiger partial charge in [0.1, 0.15) is 0 Å². The molecule has 1 heterocycles. The maximum Gasteiger partial charge on any atom is 0.331 e. The molecule has 2 aromatic rings. The SMILES string of the molecule is CS(=O)(=O)c1ccc(Cn2c(O)c(F)c(=O)[nH]c2=O)cc1. The molecule has 0 atom stereocenters. The van der Waals surface area contributed by atoms with Crippen LogP contribution in [0.2, 0.25) is 0 Å². The molecule has 0 radical (unpaired) electrons. The second-order valence-electron chi connectivity index (χ2n) is 4.40. The zero-order valence-corrected chi connectivity index (χ0v) is 11.6. The minimum Gasteiger partial charge on any atom is -0.492 e. The zero-order chi connectivity index (χ0) is 15.8. The van der Waals surface area contributed by atoms with E-state index in [9.17, 15) is 27.5 Å². The number of hydrogen-bond donors (Lipinski definition) is 2. The van der Waals surface area contributed by atoms with Gasteiger partial charge >= 0.3 is 5.69 Å². The maximum atomic E-state index is 13.3. The first-order valence-electron chi connectivity index (χ1n) is 5.70. The largest absolute Gasteiger partial charge is 0.492 e. The molecule has 0 saturated carbocycles. The van der Waals surface area contributed by atoms with E-state index in [2.05, 4.69) is 0 Å². The molecule has 1 aromatic heterocycles. The Morgan fingerprint density at radius 3 is 2.33 bits per heavy atom. The molecule has 0 spiro atoms. The predicted molar refractivity (Wildman–Crippen MR) is 71.6 cm³/mol. The first kappa shape index (κ1) is 15.0. The lowest BCUT2D eigenvalue weighted by molar-refractivity contribution is 0.367. The molecule has 0 bridgehead atoms. The van der Waals surface area contributed by atoms with E-state index in [1.54, 1.807) is 4.98 Å². The average molecular weight is 314 g/mol. The summed E-state index contributed by atoms with van der Waals surface area (Å²) in [4.78, 5) is 24.3. The van der Waals surface area contributed by atoms with Crippen LogP contribution in [0.25, 0.3) is 0 Å². The standard InChI is InChI=1S/C12H11FN2O5S/c1-21(19,20)8-4-2-7(3-5-8)6-15-11(17)9(13)10(16)14-12(15)18/h2-5,17H,6H2,1H3,(H,14,16,18). The number of H-pyrrole nitrogens is 1. The van der Waals surface area contributed by atoms with Crippen molar-refractivity contribution in [2.24, 2.45) is 0 Å². The van der Waals surface area contributed by atoms with E-state index in [1.165, 1.54) is 24.3 Å². The molecule has 0 amide bonds. The molecule has 0 fully saturated rings. The molecule has 2 rings (SSSR count). The molecule has 9 heteroatoms. The van der Waals surface area contributed by atoms with Gasteiger partial charge < -0.3 is 5.11 Å². The zero-order valence-electron chi connectivity index (χ0n) is 10.8. The monoisotopic (exact) mass is 314 g/mol. The topological polar surface area (TPSA) is 109 Å². The van der Waals surface area contributed by atoms with Crippen LogP contribution in [-0.4, -0.2) is 29.3 Å². The van der Waals surface area contributed by atoms with Crippen molar-refractivity contribution in [2.45, 2.75) is 11.4 Å². The molecular weight excluding hydrogens is 303 g/mol. The van der Waals surface area contributed by atoms with Gasteiger partial charge in [0.05, 0.1) is 11.4 Å². The van der Waals surface area contributed by atoms with Crippen molar-refractivity contribution in [2.75, 3.05) is 6.26 Å². The smallest absolute Gasteiger partial charge is 0.331 e. The summed E-state index contributed by atoms with van der Waals surface area (Å²) in [6, 6.07) is 5.50. The van der Waals surface area contributed by atoms with Crippen molar-refractivity contribution in [3.8, 4) is 5.88 Å². The quantitative estimate of drug-likeness (QED) is 0.817. The number of aromatic hydroxyl groups is 1. The fourth-order valence-corrected chi connectivity index (χ4v) is 2.34. The lowest BCUT2D eigenvalue weighted by atomic mass is 10.2. The molecule has 0 saturated heterocycles. The minimum absolute atomic E-state index is 0.0930. The third-order valence-corrected chi connectivity index (χ3v) is 3.94. The number of sulfone groups is 1. The number of aromatic amines is 1. The molecule has 0 unspecified atom stereocenters. The van der Waals surface area contributed by atoms with Crippen molar-refractivity contribution in [1.82, 2.24) is 9.55 Å². The summed E-state index contributed by atoms with van der Waals surface area (Å²) in [6.45, 7) is -0.220. The van der Waals surface area contributed by atoms with Crippen LogP contribution in [0.3, 0.4) is 0 Å². The maximum absolute atomic E-state index is 13.3. The highest BCUT2D eigenvalue weighted by atomic mass is 32.2. The fourth-order valence-electron chi connectivity index (χ4n) is 1.71. The van der Waals surface area contributed by atoms with Crippen molar-refractivity contribution in [3.63, 3.8) is 0 Å². The normalized spacial score (nSPS) is 11.5. The number of nitrogens with one attached hydrogen (secondary N) is 1. The van der Waals surface area contributed by atoms with Crippen LogP contribution in [0.1, 0.15) is 5.56 Å². The van der Waals surface area contributed by atoms with Crippen LogP contribution in [0.4, 0.5) is 4.39 Å².